The molecule has 2 aliphatic heterocycles. The highest BCUT2D eigenvalue weighted by atomic mass is 19.1. The van der Waals surface area contributed by atoms with Crippen molar-refractivity contribution in [1.82, 2.24) is 9.80 Å². The fourth-order valence-electron chi connectivity index (χ4n) is 4.25. The van der Waals surface area contributed by atoms with Gasteiger partial charge in [-0.15, -0.1) is 5.16 Å². The van der Waals surface area contributed by atoms with Gasteiger partial charge in [0.05, 0.1) is 11.3 Å². The predicted molar refractivity (Wildman–Crippen MR) is 117 cm³/mol. The van der Waals surface area contributed by atoms with E-state index in [4.69, 9.17) is 4.76 Å². The molecule has 9 heteroatoms. The monoisotopic (exact) mass is 435 g/mol. The Labute approximate surface area is 185 Å². The number of benzene rings is 2. The summed E-state index contributed by atoms with van der Waals surface area (Å²) in [5, 5.41) is 14.0. The first kappa shape index (κ1) is 20.7. The summed E-state index contributed by atoms with van der Waals surface area (Å²) >= 11 is 0. The largest absolute Gasteiger partial charge is 0.583 e. The maximum atomic E-state index is 14.6. The van der Waals surface area contributed by atoms with Crippen molar-refractivity contribution in [3.63, 3.8) is 0 Å². The van der Waals surface area contributed by atoms with Crippen molar-refractivity contribution in [3.05, 3.63) is 65.0 Å². The highest BCUT2D eigenvalue weighted by molar-refractivity contribution is 6.62. The minimum atomic E-state index is -1.12. The van der Waals surface area contributed by atoms with Crippen LogP contribution in [-0.4, -0.2) is 65.6 Å². The SMILES string of the molecule is O=C(c1cc(CC2=NOB(O)c3ccccc32)ccc1F)N1CCN(C(=O)C2CC2)CC1. The second-order valence-corrected chi connectivity index (χ2v) is 8.47. The van der Waals surface area contributed by atoms with Gasteiger partial charge in [0, 0.05) is 49.5 Å². The Bertz CT molecular complexity index is 1100. The first-order valence-electron chi connectivity index (χ1n) is 10.9. The lowest BCUT2D eigenvalue weighted by atomic mass is 9.74. The lowest BCUT2D eigenvalue weighted by molar-refractivity contribution is -0.134. The molecular formula is C23H23BFN3O4. The van der Waals surface area contributed by atoms with Gasteiger partial charge in [-0.25, -0.2) is 4.39 Å². The Morgan fingerprint density at radius 3 is 2.56 bits per heavy atom. The topological polar surface area (TPSA) is 82.4 Å². The quantitative estimate of drug-likeness (QED) is 0.732. The van der Waals surface area contributed by atoms with E-state index in [1.807, 2.05) is 12.1 Å². The summed E-state index contributed by atoms with van der Waals surface area (Å²) in [7, 11) is -1.12. The number of hydrogen-bond acceptors (Lipinski definition) is 5. The van der Waals surface area contributed by atoms with E-state index in [0.717, 1.165) is 18.4 Å². The minimum Gasteiger partial charge on any atom is -0.427 e. The lowest BCUT2D eigenvalue weighted by Gasteiger charge is -2.35. The molecule has 2 amide bonds. The van der Waals surface area contributed by atoms with E-state index in [1.165, 1.54) is 6.07 Å². The number of halogens is 1. The van der Waals surface area contributed by atoms with Crippen LogP contribution in [-0.2, 0) is 16.0 Å². The summed E-state index contributed by atoms with van der Waals surface area (Å²) in [4.78, 5) is 28.7. The van der Waals surface area contributed by atoms with Crippen LogP contribution in [0.2, 0.25) is 0 Å². The molecule has 1 N–H and O–H groups in total. The molecule has 2 fully saturated rings. The molecule has 1 aliphatic carbocycles. The van der Waals surface area contributed by atoms with Crippen LogP contribution in [0.3, 0.4) is 0 Å². The number of amides is 2. The standard InChI is InChI=1S/C23H23BFN3O4/c25-20-8-5-15(14-21-17-3-1-2-4-19(17)24(31)32-26-21)13-18(20)23(30)28-11-9-27(10-12-28)22(29)16-6-7-16/h1-5,8,13,16,31H,6-7,9-12,14H2. The van der Waals surface area contributed by atoms with Gasteiger partial charge in [0.2, 0.25) is 5.91 Å². The molecule has 164 valence electrons. The van der Waals surface area contributed by atoms with Crippen LogP contribution >= 0.6 is 0 Å². The number of carbonyl (C=O) groups is 2. The number of piperazine rings is 1. The molecular weight excluding hydrogens is 412 g/mol. The van der Waals surface area contributed by atoms with Gasteiger partial charge in [-0.2, -0.15) is 0 Å². The number of oxime groups is 1. The van der Waals surface area contributed by atoms with Crippen molar-refractivity contribution >= 4 is 30.1 Å². The molecule has 0 spiro atoms. The molecule has 2 aromatic carbocycles. The van der Waals surface area contributed by atoms with Crippen molar-refractivity contribution in [2.45, 2.75) is 19.3 Å². The third kappa shape index (κ3) is 4.00. The van der Waals surface area contributed by atoms with Crippen molar-refractivity contribution < 1.29 is 23.8 Å². The van der Waals surface area contributed by atoms with Gasteiger partial charge in [0.1, 0.15) is 5.82 Å². The van der Waals surface area contributed by atoms with Crippen LogP contribution in [0.15, 0.2) is 47.6 Å². The van der Waals surface area contributed by atoms with E-state index in [2.05, 4.69) is 5.16 Å². The lowest BCUT2D eigenvalue weighted by Crippen LogP contribution is -2.51. The van der Waals surface area contributed by atoms with E-state index < -0.39 is 12.9 Å². The normalized spacial score (nSPS) is 18.1. The molecule has 2 aromatic rings. The molecule has 5 rings (SSSR count). The number of fused-ring (bicyclic) bond motifs is 1. The van der Waals surface area contributed by atoms with Crippen LogP contribution < -0.4 is 5.46 Å². The van der Waals surface area contributed by atoms with Crippen molar-refractivity contribution in [2.75, 3.05) is 26.2 Å². The molecule has 1 saturated carbocycles. The smallest absolute Gasteiger partial charge is 0.427 e. The van der Waals surface area contributed by atoms with Gasteiger partial charge in [-0.3, -0.25) is 9.59 Å². The van der Waals surface area contributed by atoms with Crippen LogP contribution in [0.5, 0.6) is 0 Å². The molecule has 0 aromatic heterocycles. The molecule has 0 radical (unpaired) electrons. The van der Waals surface area contributed by atoms with Crippen LogP contribution in [0, 0.1) is 11.7 Å². The van der Waals surface area contributed by atoms with Crippen molar-refractivity contribution in [3.8, 4) is 0 Å². The van der Waals surface area contributed by atoms with E-state index in [1.54, 1.807) is 34.1 Å². The van der Waals surface area contributed by atoms with Gasteiger partial charge >= 0.3 is 7.12 Å². The van der Waals surface area contributed by atoms with Crippen LogP contribution in [0.1, 0.15) is 34.3 Å². The highest BCUT2D eigenvalue weighted by Crippen LogP contribution is 2.31. The molecule has 0 bridgehead atoms. The van der Waals surface area contributed by atoms with E-state index >= 15 is 0 Å². The summed E-state index contributed by atoms with van der Waals surface area (Å²) < 4.78 is 19.7. The maximum absolute atomic E-state index is 14.6. The Morgan fingerprint density at radius 1 is 1.09 bits per heavy atom. The molecule has 32 heavy (non-hydrogen) atoms. The number of nitrogens with zero attached hydrogens (tertiary/aromatic N) is 3. The summed E-state index contributed by atoms with van der Waals surface area (Å²) in [5.41, 5.74) is 2.71. The second kappa shape index (κ2) is 8.39. The van der Waals surface area contributed by atoms with Gasteiger partial charge < -0.3 is 19.6 Å². The summed E-state index contributed by atoms with van der Waals surface area (Å²) in [6.45, 7) is 1.75. The Balaban J connectivity index is 1.30. The molecule has 2 heterocycles. The van der Waals surface area contributed by atoms with Crippen molar-refractivity contribution in [1.29, 1.82) is 0 Å². The molecule has 0 unspecified atom stereocenters. The van der Waals surface area contributed by atoms with Gasteiger partial charge in [0.15, 0.2) is 0 Å². The zero-order chi connectivity index (χ0) is 22.2. The number of rotatable bonds is 4. The molecule has 1 saturated heterocycles. The van der Waals surface area contributed by atoms with E-state index in [9.17, 15) is 19.0 Å². The maximum Gasteiger partial charge on any atom is 0.583 e. The Kier molecular flexibility index (Phi) is 5.42. The van der Waals surface area contributed by atoms with Crippen LogP contribution in [0.4, 0.5) is 4.39 Å². The second-order valence-electron chi connectivity index (χ2n) is 8.47. The first-order valence-corrected chi connectivity index (χ1v) is 10.9. The zero-order valence-electron chi connectivity index (χ0n) is 17.5. The molecule has 0 atom stereocenters. The zero-order valence-corrected chi connectivity index (χ0v) is 17.5. The highest BCUT2D eigenvalue weighted by Gasteiger charge is 2.35. The predicted octanol–water partition coefficient (Wildman–Crippen LogP) is 1.18. The first-order chi connectivity index (χ1) is 15.5. The molecule has 3 aliphatic rings. The summed E-state index contributed by atoms with van der Waals surface area (Å²) in [6.07, 6.45) is 2.24. The third-order valence-corrected chi connectivity index (χ3v) is 6.24. The van der Waals surface area contributed by atoms with E-state index in [-0.39, 0.29) is 23.3 Å². The van der Waals surface area contributed by atoms with E-state index in [0.29, 0.717) is 49.3 Å². The fourth-order valence-corrected chi connectivity index (χ4v) is 4.25. The van der Waals surface area contributed by atoms with Gasteiger partial charge in [0.25, 0.3) is 5.91 Å². The fraction of sp³-hybridized carbons (Fsp3) is 0.348. The number of hydrogen-bond donors (Lipinski definition) is 1. The minimum absolute atomic E-state index is 0.00937. The van der Waals surface area contributed by atoms with Gasteiger partial charge in [-0.1, -0.05) is 30.3 Å². The van der Waals surface area contributed by atoms with Gasteiger partial charge in [-0.05, 0) is 30.5 Å². The van der Waals surface area contributed by atoms with Crippen molar-refractivity contribution in [2.24, 2.45) is 11.1 Å². The van der Waals surface area contributed by atoms with Crippen LogP contribution in [0.25, 0.3) is 0 Å². The third-order valence-electron chi connectivity index (χ3n) is 6.24. The molecule has 7 nitrogen and oxygen atoms in total. The summed E-state index contributed by atoms with van der Waals surface area (Å²) in [5.74, 6) is -0.621. The summed E-state index contributed by atoms with van der Waals surface area (Å²) in [6, 6.07) is 11.7. The Hall–Kier alpha value is -3.20. The Morgan fingerprint density at radius 2 is 1.81 bits per heavy atom. The average Bonchev–Trinajstić information content (AvgIpc) is 3.67. The average molecular weight is 435 g/mol. The number of carbonyl (C=O) groups excluding carboxylic acids is 2.